The third kappa shape index (κ3) is 5.42. The first-order valence-corrected chi connectivity index (χ1v) is 11.1. The van der Waals surface area contributed by atoms with Crippen molar-refractivity contribution in [2.24, 2.45) is 7.05 Å². The minimum atomic E-state index is -4.72. The van der Waals surface area contributed by atoms with Gasteiger partial charge in [0.1, 0.15) is 29.5 Å². The van der Waals surface area contributed by atoms with E-state index in [1.807, 2.05) is 38.1 Å². The van der Waals surface area contributed by atoms with Crippen molar-refractivity contribution in [3.63, 3.8) is 0 Å². The molecule has 3 aromatic carbocycles. The van der Waals surface area contributed by atoms with Crippen LogP contribution in [0.5, 0.6) is 23.0 Å². The van der Waals surface area contributed by atoms with Crippen LogP contribution >= 0.6 is 0 Å². The Balaban J connectivity index is 1.66. The molecule has 182 valence electrons. The molecule has 0 aliphatic heterocycles. The van der Waals surface area contributed by atoms with Gasteiger partial charge in [-0.25, -0.2) is 0 Å². The van der Waals surface area contributed by atoms with Gasteiger partial charge in [-0.1, -0.05) is 48.9 Å². The number of hydrogen-bond acceptors (Lipinski definition) is 4. The van der Waals surface area contributed by atoms with Crippen LogP contribution in [0.2, 0.25) is 0 Å². The van der Waals surface area contributed by atoms with Gasteiger partial charge in [0.2, 0.25) is 0 Å². The van der Waals surface area contributed by atoms with E-state index in [0.717, 1.165) is 23.1 Å². The molecule has 1 heterocycles. The van der Waals surface area contributed by atoms with Crippen molar-refractivity contribution < 1.29 is 27.8 Å². The summed E-state index contributed by atoms with van der Waals surface area (Å²) in [5, 5.41) is 14.7. The fourth-order valence-corrected chi connectivity index (χ4v) is 3.65. The van der Waals surface area contributed by atoms with Crippen LogP contribution in [0.1, 0.15) is 29.3 Å². The van der Waals surface area contributed by atoms with Gasteiger partial charge in [0.25, 0.3) is 0 Å². The highest BCUT2D eigenvalue weighted by Gasteiger charge is 2.41. The first kappa shape index (κ1) is 24.2. The van der Waals surface area contributed by atoms with Crippen LogP contribution in [0.4, 0.5) is 13.2 Å². The minimum Gasteiger partial charge on any atom is -0.507 e. The Morgan fingerprint density at radius 2 is 1.54 bits per heavy atom. The molecule has 8 heteroatoms. The lowest BCUT2D eigenvalue weighted by Gasteiger charge is -2.13. The number of nitrogens with zero attached hydrogens (tertiary/aromatic N) is 2. The minimum absolute atomic E-state index is 0.0963. The van der Waals surface area contributed by atoms with Crippen molar-refractivity contribution in [2.75, 3.05) is 0 Å². The Labute approximate surface area is 201 Å². The topological polar surface area (TPSA) is 56.5 Å². The molecule has 0 aliphatic rings. The monoisotopic (exact) mass is 482 g/mol. The summed E-state index contributed by atoms with van der Waals surface area (Å²) in [6.45, 7) is 4.25. The van der Waals surface area contributed by atoms with Crippen molar-refractivity contribution >= 4 is 0 Å². The quantitative estimate of drug-likeness (QED) is 0.307. The molecule has 0 unspecified atom stereocenters. The SMILES string of the molecule is CCc1ccc(Oc2c(-c3ccc(OCc4ccc(C)cc4)cc3O)nn(C)c2C(F)(F)F)cc1. The highest BCUT2D eigenvalue weighted by molar-refractivity contribution is 5.74. The largest absolute Gasteiger partial charge is 0.507 e. The predicted molar refractivity (Wildman–Crippen MR) is 127 cm³/mol. The van der Waals surface area contributed by atoms with E-state index in [-0.39, 0.29) is 29.4 Å². The van der Waals surface area contributed by atoms with Gasteiger partial charge in [-0.05, 0) is 48.7 Å². The average Bonchev–Trinajstić information content (AvgIpc) is 3.15. The second-order valence-electron chi connectivity index (χ2n) is 8.20. The van der Waals surface area contributed by atoms with Gasteiger partial charge in [0.05, 0.1) is 0 Å². The van der Waals surface area contributed by atoms with Crippen LogP contribution in [0, 0.1) is 6.92 Å². The smallest absolute Gasteiger partial charge is 0.436 e. The Morgan fingerprint density at radius 3 is 2.14 bits per heavy atom. The van der Waals surface area contributed by atoms with E-state index in [2.05, 4.69) is 5.10 Å². The summed E-state index contributed by atoms with van der Waals surface area (Å²) < 4.78 is 53.8. The van der Waals surface area contributed by atoms with Gasteiger partial charge in [0, 0.05) is 18.7 Å². The number of aromatic nitrogens is 2. The zero-order valence-electron chi connectivity index (χ0n) is 19.6. The number of phenolic OH excluding ortho intramolecular Hbond substituents is 1. The molecule has 0 saturated carbocycles. The number of rotatable bonds is 7. The van der Waals surface area contributed by atoms with Crippen LogP contribution in [-0.2, 0) is 26.3 Å². The molecular weight excluding hydrogens is 457 g/mol. The number of halogens is 3. The number of benzene rings is 3. The Bertz CT molecular complexity index is 1310. The lowest BCUT2D eigenvalue weighted by molar-refractivity contribution is -0.144. The maximum atomic E-state index is 13.9. The first-order chi connectivity index (χ1) is 16.7. The number of ether oxygens (including phenoxy) is 2. The van der Waals surface area contributed by atoms with Crippen molar-refractivity contribution in [2.45, 2.75) is 33.1 Å². The Morgan fingerprint density at radius 1 is 0.914 bits per heavy atom. The molecule has 1 N–H and O–H groups in total. The van der Waals surface area contributed by atoms with Crippen LogP contribution in [-0.4, -0.2) is 14.9 Å². The summed E-state index contributed by atoms with van der Waals surface area (Å²) in [5.74, 6) is -0.145. The number of aryl methyl sites for hydroxylation is 3. The summed E-state index contributed by atoms with van der Waals surface area (Å²) in [6, 6.07) is 19.0. The second kappa shape index (κ2) is 9.74. The molecule has 4 aromatic rings. The Kier molecular flexibility index (Phi) is 6.73. The fraction of sp³-hybridized carbons (Fsp3) is 0.222. The molecule has 0 bridgehead atoms. The molecule has 4 rings (SSSR count). The maximum absolute atomic E-state index is 13.9. The Hall–Kier alpha value is -3.94. The van der Waals surface area contributed by atoms with Crippen LogP contribution in [0.25, 0.3) is 11.3 Å². The summed E-state index contributed by atoms with van der Waals surface area (Å²) in [7, 11) is 1.19. The van der Waals surface area contributed by atoms with Gasteiger partial charge in [-0.3, -0.25) is 4.68 Å². The van der Waals surface area contributed by atoms with E-state index in [1.54, 1.807) is 30.3 Å². The normalized spacial score (nSPS) is 11.5. The molecule has 0 amide bonds. The fourth-order valence-electron chi connectivity index (χ4n) is 3.65. The van der Waals surface area contributed by atoms with Crippen LogP contribution in [0.3, 0.4) is 0 Å². The van der Waals surface area contributed by atoms with Crippen LogP contribution < -0.4 is 9.47 Å². The second-order valence-corrected chi connectivity index (χ2v) is 8.20. The van der Waals surface area contributed by atoms with Crippen molar-refractivity contribution in [3.05, 3.63) is 89.1 Å². The lowest BCUT2D eigenvalue weighted by Crippen LogP contribution is -2.12. The van der Waals surface area contributed by atoms with Gasteiger partial charge >= 0.3 is 6.18 Å². The molecular formula is C27H25F3N2O3. The van der Waals surface area contributed by atoms with E-state index in [0.29, 0.717) is 10.4 Å². The standard InChI is InChI=1S/C27H25F3N2O3/c1-4-18-9-11-20(12-10-18)35-25-24(31-32(3)26(25)27(28,29)30)22-14-13-21(15-23(22)33)34-16-19-7-5-17(2)6-8-19/h5-15,33H,4,16H2,1-3H3. The van der Waals surface area contributed by atoms with Crippen LogP contribution in [0.15, 0.2) is 66.7 Å². The third-order valence-electron chi connectivity index (χ3n) is 5.57. The molecule has 0 radical (unpaired) electrons. The first-order valence-electron chi connectivity index (χ1n) is 11.1. The predicted octanol–water partition coefficient (Wildman–Crippen LogP) is 7.05. The van der Waals surface area contributed by atoms with E-state index in [9.17, 15) is 18.3 Å². The highest BCUT2D eigenvalue weighted by atomic mass is 19.4. The zero-order valence-corrected chi connectivity index (χ0v) is 19.6. The maximum Gasteiger partial charge on any atom is 0.436 e. The van der Waals surface area contributed by atoms with Crippen molar-refractivity contribution in [1.29, 1.82) is 0 Å². The van der Waals surface area contributed by atoms with Gasteiger partial charge in [-0.15, -0.1) is 0 Å². The molecule has 0 spiro atoms. The summed E-state index contributed by atoms with van der Waals surface area (Å²) in [5.41, 5.74) is 2.03. The molecule has 0 fully saturated rings. The van der Waals surface area contributed by atoms with Gasteiger partial charge in [-0.2, -0.15) is 18.3 Å². The summed E-state index contributed by atoms with van der Waals surface area (Å²) in [4.78, 5) is 0. The van der Waals surface area contributed by atoms with E-state index in [4.69, 9.17) is 9.47 Å². The summed E-state index contributed by atoms with van der Waals surface area (Å²) >= 11 is 0. The van der Waals surface area contributed by atoms with Gasteiger partial charge < -0.3 is 14.6 Å². The van der Waals surface area contributed by atoms with E-state index in [1.165, 1.54) is 19.2 Å². The van der Waals surface area contributed by atoms with E-state index >= 15 is 0 Å². The molecule has 1 aromatic heterocycles. The number of hydrogen-bond donors (Lipinski definition) is 1. The molecule has 5 nitrogen and oxygen atoms in total. The number of aromatic hydroxyl groups is 1. The van der Waals surface area contributed by atoms with Gasteiger partial charge in [0.15, 0.2) is 11.4 Å². The highest BCUT2D eigenvalue weighted by Crippen LogP contribution is 2.46. The van der Waals surface area contributed by atoms with Crippen molar-refractivity contribution in [1.82, 2.24) is 9.78 Å². The number of alkyl halides is 3. The number of phenols is 1. The third-order valence-corrected chi connectivity index (χ3v) is 5.57. The molecule has 0 atom stereocenters. The molecule has 0 aliphatic carbocycles. The zero-order chi connectivity index (χ0) is 25.2. The average molecular weight is 483 g/mol. The molecule has 35 heavy (non-hydrogen) atoms. The van der Waals surface area contributed by atoms with Crippen molar-refractivity contribution in [3.8, 4) is 34.3 Å². The molecule has 0 saturated heterocycles. The van der Waals surface area contributed by atoms with E-state index < -0.39 is 17.6 Å². The lowest BCUT2D eigenvalue weighted by atomic mass is 10.1. The summed E-state index contributed by atoms with van der Waals surface area (Å²) in [6.07, 6.45) is -3.93.